The fourth-order valence-corrected chi connectivity index (χ4v) is 3.38. The van der Waals surface area contributed by atoms with Crippen LogP contribution in [0.2, 0.25) is 0 Å². The van der Waals surface area contributed by atoms with Crippen molar-refractivity contribution in [3.8, 4) is 0 Å². The summed E-state index contributed by atoms with van der Waals surface area (Å²) in [6.07, 6.45) is 0. The summed E-state index contributed by atoms with van der Waals surface area (Å²) in [6.45, 7) is 6.96. The topological polar surface area (TPSA) is 49.3 Å². The zero-order chi connectivity index (χ0) is 18.1. The Labute approximate surface area is 153 Å². The third-order valence-corrected chi connectivity index (χ3v) is 4.88. The third kappa shape index (κ3) is 3.12. The lowest BCUT2D eigenvalue weighted by molar-refractivity contribution is 0.0746. The van der Waals surface area contributed by atoms with Gasteiger partial charge in [0.15, 0.2) is 5.82 Å². The van der Waals surface area contributed by atoms with E-state index in [-0.39, 0.29) is 5.91 Å². The van der Waals surface area contributed by atoms with Gasteiger partial charge in [0.05, 0.1) is 16.7 Å². The van der Waals surface area contributed by atoms with E-state index in [4.69, 9.17) is 4.98 Å². The Morgan fingerprint density at radius 1 is 0.846 bits per heavy atom. The Morgan fingerprint density at radius 3 is 2.12 bits per heavy atom. The molecule has 1 saturated heterocycles. The smallest absolute Gasteiger partial charge is 0.253 e. The quantitative estimate of drug-likeness (QED) is 0.715. The standard InChI is InChI=1S/C21H22N4O/c1-15-7-9-17(10-8-15)21(26)25-13-11-24(12-14-25)20-16(2)22-18-5-3-4-6-19(18)23-20/h3-10H,11-14H2,1-2H3. The van der Waals surface area contributed by atoms with Gasteiger partial charge >= 0.3 is 0 Å². The number of hydrogen-bond donors (Lipinski definition) is 0. The molecular formula is C21H22N4O. The average Bonchev–Trinajstić information content (AvgIpc) is 2.68. The van der Waals surface area contributed by atoms with Gasteiger partial charge in [-0.1, -0.05) is 29.8 Å². The number of aromatic nitrogens is 2. The van der Waals surface area contributed by atoms with Crippen LogP contribution in [0.5, 0.6) is 0 Å². The summed E-state index contributed by atoms with van der Waals surface area (Å²) in [5, 5.41) is 0. The maximum Gasteiger partial charge on any atom is 0.253 e. The minimum absolute atomic E-state index is 0.103. The number of hydrogen-bond acceptors (Lipinski definition) is 4. The third-order valence-electron chi connectivity index (χ3n) is 4.88. The first-order chi connectivity index (χ1) is 12.6. The number of fused-ring (bicyclic) bond motifs is 1. The second-order valence-electron chi connectivity index (χ2n) is 6.77. The molecule has 3 aromatic rings. The molecule has 0 aliphatic carbocycles. The van der Waals surface area contributed by atoms with E-state index in [1.807, 2.05) is 67.3 Å². The molecule has 1 amide bonds. The monoisotopic (exact) mass is 346 g/mol. The fraction of sp³-hybridized carbons (Fsp3) is 0.286. The van der Waals surface area contributed by atoms with Crippen LogP contribution in [-0.4, -0.2) is 47.0 Å². The van der Waals surface area contributed by atoms with Gasteiger partial charge in [-0.25, -0.2) is 9.97 Å². The van der Waals surface area contributed by atoms with E-state index in [9.17, 15) is 4.79 Å². The molecule has 5 nitrogen and oxygen atoms in total. The van der Waals surface area contributed by atoms with Crippen LogP contribution in [0.1, 0.15) is 21.6 Å². The molecule has 0 N–H and O–H groups in total. The highest BCUT2D eigenvalue weighted by Gasteiger charge is 2.24. The highest BCUT2D eigenvalue weighted by molar-refractivity contribution is 5.94. The van der Waals surface area contributed by atoms with Crippen molar-refractivity contribution in [1.29, 1.82) is 0 Å². The molecule has 0 radical (unpaired) electrons. The predicted molar refractivity (Wildman–Crippen MR) is 104 cm³/mol. The maximum absolute atomic E-state index is 12.7. The number of para-hydroxylation sites is 2. The van der Waals surface area contributed by atoms with Gasteiger partial charge in [0.1, 0.15) is 0 Å². The molecule has 1 aliphatic heterocycles. The molecule has 1 aliphatic rings. The van der Waals surface area contributed by atoms with Crippen LogP contribution in [0, 0.1) is 13.8 Å². The number of aryl methyl sites for hydroxylation is 2. The van der Waals surface area contributed by atoms with Gasteiger partial charge in [0, 0.05) is 31.7 Å². The minimum Gasteiger partial charge on any atom is -0.352 e. The van der Waals surface area contributed by atoms with E-state index >= 15 is 0 Å². The second kappa shape index (κ2) is 6.75. The van der Waals surface area contributed by atoms with E-state index in [1.165, 1.54) is 0 Å². The van der Waals surface area contributed by atoms with Crippen LogP contribution in [0.15, 0.2) is 48.5 Å². The molecule has 2 aromatic carbocycles. The van der Waals surface area contributed by atoms with Crippen LogP contribution < -0.4 is 4.90 Å². The van der Waals surface area contributed by atoms with E-state index in [1.54, 1.807) is 0 Å². The molecule has 5 heteroatoms. The Morgan fingerprint density at radius 2 is 1.46 bits per heavy atom. The number of amides is 1. The predicted octanol–water partition coefficient (Wildman–Crippen LogP) is 3.21. The number of nitrogens with zero attached hydrogens (tertiary/aromatic N) is 4. The van der Waals surface area contributed by atoms with Crippen LogP contribution in [-0.2, 0) is 0 Å². The first kappa shape index (κ1) is 16.5. The van der Waals surface area contributed by atoms with Gasteiger partial charge in [-0.3, -0.25) is 4.79 Å². The highest BCUT2D eigenvalue weighted by Crippen LogP contribution is 2.21. The number of piperazine rings is 1. The number of anilines is 1. The molecule has 0 atom stereocenters. The molecule has 132 valence electrons. The van der Waals surface area contributed by atoms with Gasteiger partial charge in [-0.2, -0.15) is 0 Å². The molecule has 26 heavy (non-hydrogen) atoms. The molecule has 2 heterocycles. The fourth-order valence-electron chi connectivity index (χ4n) is 3.38. The molecule has 0 saturated carbocycles. The summed E-state index contributed by atoms with van der Waals surface area (Å²) >= 11 is 0. The molecule has 1 aromatic heterocycles. The Kier molecular flexibility index (Phi) is 4.29. The Balaban J connectivity index is 1.49. The normalized spacial score (nSPS) is 14.7. The molecule has 0 spiro atoms. The summed E-state index contributed by atoms with van der Waals surface area (Å²) in [6, 6.07) is 15.7. The van der Waals surface area contributed by atoms with Crippen LogP contribution in [0.4, 0.5) is 5.82 Å². The zero-order valence-corrected chi connectivity index (χ0v) is 15.1. The first-order valence-electron chi connectivity index (χ1n) is 8.96. The number of rotatable bonds is 2. The summed E-state index contributed by atoms with van der Waals surface area (Å²) in [7, 11) is 0. The largest absolute Gasteiger partial charge is 0.352 e. The van der Waals surface area contributed by atoms with Crippen molar-refractivity contribution < 1.29 is 4.79 Å². The van der Waals surface area contributed by atoms with Crippen LogP contribution in [0.3, 0.4) is 0 Å². The summed E-state index contributed by atoms with van der Waals surface area (Å²) in [5.41, 5.74) is 4.68. The van der Waals surface area contributed by atoms with E-state index in [0.717, 1.165) is 46.8 Å². The van der Waals surface area contributed by atoms with Crippen molar-refractivity contribution in [2.75, 3.05) is 31.1 Å². The SMILES string of the molecule is Cc1ccc(C(=O)N2CCN(c3nc4ccccc4nc3C)CC2)cc1. The minimum atomic E-state index is 0.103. The van der Waals surface area contributed by atoms with Crippen LogP contribution >= 0.6 is 0 Å². The summed E-state index contributed by atoms with van der Waals surface area (Å²) < 4.78 is 0. The lowest BCUT2D eigenvalue weighted by atomic mass is 10.1. The molecule has 1 fully saturated rings. The lowest BCUT2D eigenvalue weighted by Crippen LogP contribution is -2.49. The van der Waals surface area contributed by atoms with E-state index < -0.39 is 0 Å². The average molecular weight is 346 g/mol. The van der Waals surface area contributed by atoms with Gasteiger partial charge in [0.2, 0.25) is 0 Å². The van der Waals surface area contributed by atoms with Gasteiger partial charge in [-0.05, 0) is 38.1 Å². The summed E-state index contributed by atoms with van der Waals surface area (Å²) in [4.78, 5) is 26.3. The maximum atomic E-state index is 12.7. The molecule has 4 rings (SSSR count). The van der Waals surface area contributed by atoms with E-state index in [0.29, 0.717) is 13.1 Å². The van der Waals surface area contributed by atoms with Gasteiger partial charge < -0.3 is 9.80 Å². The van der Waals surface area contributed by atoms with E-state index in [2.05, 4.69) is 9.88 Å². The number of benzene rings is 2. The Hall–Kier alpha value is -2.95. The number of carbonyl (C=O) groups excluding carboxylic acids is 1. The first-order valence-corrected chi connectivity index (χ1v) is 8.96. The van der Waals surface area contributed by atoms with Crippen LogP contribution in [0.25, 0.3) is 11.0 Å². The highest BCUT2D eigenvalue weighted by atomic mass is 16.2. The van der Waals surface area contributed by atoms with Gasteiger partial charge in [-0.15, -0.1) is 0 Å². The van der Waals surface area contributed by atoms with Gasteiger partial charge in [0.25, 0.3) is 5.91 Å². The van der Waals surface area contributed by atoms with Crippen molar-refractivity contribution >= 4 is 22.8 Å². The van der Waals surface area contributed by atoms with Crippen molar-refractivity contribution in [3.05, 3.63) is 65.4 Å². The lowest BCUT2D eigenvalue weighted by Gasteiger charge is -2.36. The molecular weight excluding hydrogens is 324 g/mol. The van der Waals surface area contributed by atoms with Crippen molar-refractivity contribution in [2.45, 2.75) is 13.8 Å². The summed E-state index contributed by atoms with van der Waals surface area (Å²) in [5.74, 6) is 1.03. The van der Waals surface area contributed by atoms with Crippen molar-refractivity contribution in [3.63, 3.8) is 0 Å². The number of carbonyl (C=O) groups is 1. The molecule has 0 unspecified atom stereocenters. The molecule has 0 bridgehead atoms. The second-order valence-corrected chi connectivity index (χ2v) is 6.77. The zero-order valence-electron chi connectivity index (χ0n) is 15.1. The Bertz CT molecular complexity index is 944. The van der Waals surface area contributed by atoms with Crippen molar-refractivity contribution in [1.82, 2.24) is 14.9 Å². The van der Waals surface area contributed by atoms with Crippen molar-refractivity contribution in [2.24, 2.45) is 0 Å².